The van der Waals surface area contributed by atoms with Gasteiger partial charge >= 0.3 is 0 Å². The molecule has 1 aromatic carbocycles. The van der Waals surface area contributed by atoms with Crippen LogP contribution in [0.4, 0.5) is 5.00 Å². The molecule has 0 aliphatic heterocycles. The molecule has 2 heterocycles. The van der Waals surface area contributed by atoms with E-state index in [2.05, 4.69) is 27.2 Å². The summed E-state index contributed by atoms with van der Waals surface area (Å²) in [5.74, 6) is -0.696. The maximum Gasteiger partial charge on any atom is 0.271 e. The van der Waals surface area contributed by atoms with Gasteiger partial charge in [-0.05, 0) is 24.7 Å². The molecule has 8 nitrogen and oxygen atoms in total. The number of nitrogens with one attached hydrogen (secondary N) is 3. The van der Waals surface area contributed by atoms with Crippen LogP contribution in [0.2, 0.25) is 0 Å². The minimum atomic E-state index is -0.351. The zero-order valence-electron chi connectivity index (χ0n) is 17.2. The first-order valence-electron chi connectivity index (χ1n) is 9.54. The number of aromatic nitrogens is 3. The van der Waals surface area contributed by atoms with Crippen LogP contribution < -0.4 is 16.2 Å². The third-order valence-electron chi connectivity index (χ3n) is 4.16. The van der Waals surface area contributed by atoms with E-state index in [4.69, 9.17) is 12.2 Å². The van der Waals surface area contributed by atoms with E-state index in [1.54, 1.807) is 17.6 Å². The Bertz CT molecular complexity index is 1250. The molecule has 0 atom stereocenters. The minimum Gasteiger partial charge on any atom is -0.347 e. The molecule has 0 aliphatic rings. The van der Waals surface area contributed by atoms with Gasteiger partial charge in [-0.3, -0.25) is 14.4 Å². The van der Waals surface area contributed by atoms with Gasteiger partial charge in [-0.2, -0.15) is 0 Å². The fourth-order valence-electron chi connectivity index (χ4n) is 2.79. The van der Waals surface area contributed by atoms with Crippen molar-refractivity contribution in [2.24, 2.45) is 0 Å². The van der Waals surface area contributed by atoms with Crippen molar-refractivity contribution in [1.82, 2.24) is 19.9 Å². The second-order valence-electron chi connectivity index (χ2n) is 6.64. The van der Waals surface area contributed by atoms with E-state index >= 15 is 0 Å². The Morgan fingerprint density at radius 2 is 2.09 bits per heavy atom. The summed E-state index contributed by atoms with van der Waals surface area (Å²) in [6, 6.07) is 10.9. The third-order valence-corrected chi connectivity index (χ3v) is 6.40. The molecular weight excluding hydrogens is 466 g/mol. The van der Waals surface area contributed by atoms with Crippen molar-refractivity contribution in [2.45, 2.75) is 25.2 Å². The molecule has 0 unspecified atom stereocenters. The molecule has 32 heavy (non-hydrogen) atoms. The molecule has 0 spiro atoms. The molecule has 0 radical (unpaired) electrons. The molecule has 0 saturated carbocycles. The van der Waals surface area contributed by atoms with Crippen LogP contribution in [0, 0.1) is 10.9 Å². The monoisotopic (exact) mass is 487 g/mol. The number of allylic oxidation sites excluding steroid dienone is 1. The predicted molar refractivity (Wildman–Crippen MR) is 130 cm³/mol. The zero-order chi connectivity index (χ0) is 23.1. The summed E-state index contributed by atoms with van der Waals surface area (Å²) in [7, 11) is 0. The fourth-order valence-corrected chi connectivity index (χ4v) is 4.84. The van der Waals surface area contributed by atoms with Crippen molar-refractivity contribution in [3.8, 4) is 0 Å². The number of carbonyl (C=O) groups is 2. The average molecular weight is 488 g/mol. The van der Waals surface area contributed by atoms with Crippen molar-refractivity contribution < 1.29 is 9.59 Å². The standard InChI is InChI=1S/C21H21N5O3S3/c1-3-9-26-17(18(29)22-11-14-7-5-4-6-8-14)19(32-21(26)30)24-16(28)12-31-20-23-13(2)10-15(27)25-20/h3-8,10H,1,9,11-12H2,2H3,(H,22,29)(H,24,28)(H,23,25,27). The molecule has 11 heteroatoms. The number of nitrogens with zero attached hydrogens (tertiary/aromatic N) is 2. The Hall–Kier alpha value is -3.02. The van der Waals surface area contributed by atoms with Crippen molar-refractivity contribution in [3.05, 3.63) is 80.3 Å². The van der Waals surface area contributed by atoms with Crippen molar-refractivity contribution in [1.29, 1.82) is 0 Å². The summed E-state index contributed by atoms with van der Waals surface area (Å²) in [4.78, 5) is 43.8. The molecule has 2 amide bonds. The smallest absolute Gasteiger partial charge is 0.271 e. The number of thiazole rings is 1. The van der Waals surface area contributed by atoms with Crippen molar-refractivity contribution in [3.63, 3.8) is 0 Å². The molecule has 0 saturated heterocycles. The SMILES string of the molecule is C=CCn1c(C(=O)NCc2ccccc2)c(NC(=O)CSc2nc(C)cc(=O)[nH]2)sc1=S. The van der Waals surface area contributed by atoms with Gasteiger partial charge in [0.15, 0.2) is 9.11 Å². The lowest BCUT2D eigenvalue weighted by Gasteiger charge is -2.11. The number of rotatable bonds is 9. The van der Waals surface area contributed by atoms with Crippen LogP contribution in [0.25, 0.3) is 0 Å². The van der Waals surface area contributed by atoms with Gasteiger partial charge in [0.25, 0.3) is 11.5 Å². The molecule has 3 N–H and O–H groups in total. The summed E-state index contributed by atoms with van der Waals surface area (Å²) >= 11 is 7.63. The first kappa shape index (κ1) is 23.6. The maximum absolute atomic E-state index is 13.0. The second-order valence-corrected chi connectivity index (χ2v) is 9.25. The minimum absolute atomic E-state index is 0.00356. The van der Waals surface area contributed by atoms with E-state index in [1.165, 1.54) is 6.07 Å². The summed E-state index contributed by atoms with van der Waals surface area (Å²) in [6.45, 7) is 6.10. The molecular formula is C21H21N5O3S3. The zero-order valence-corrected chi connectivity index (χ0v) is 19.7. The Balaban J connectivity index is 1.74. The highest BCUT2D eigenvalue weighted by atomic mass is 32.2. The molecule has 0 fully saturated rings. The van der Waals surface area contributed by atoms with Crippen LogP contribution in [0.5, 0.6) is 0 Å². The van der Waals surface area contributed by atoms with Gasteiger partial charge in [-0.25, -0.2) is 4.98 Å². The van der Waals surface area contributed by atoms with Gasteiger partial charge in [0.2, 0.25) is 5.91 Å². The van der Waals surface area contributed by atoms with Crippen LogP contribution in [0.3, 0.4) is 0 Å². The number of aryl methyl sites for hydroxylation is 1. The number of aromatic amines is 1. The number of hydrogen-bond donors (Lipinski definition) is 3. The fraction of sp³-hybridized carbons (Fsp3) is 0.190. The van der Waals surface area contributed by atoms with Gasteiger partial charge in [0.1, 0.15) is 10.7 Å². The van der Waals surface area contributed by atoms with Crippen LogP contribution >= 0.6 is 35.3 Å². The van der Waals surface area contributed by atoms with E-state index in [-0.39, 0.29) is 28.8 Å². The van der Waals surface area contributed by atoms with Gasteiger partial charge < -0.3 is 20.2 Å². The molecule has 3 rings (SSSR count). The number of hydrogen-bond acceptors (Lipinski definition) is 7. The number of amides is 2. The van der Waals surface area contributed by atoms with Crippen LogP contribution in [0.1, 0.15) is 21.7 Å². The van der Waals surface area contributed by atoms with Crippen LogP contribution in [-0.2, 0) is 17.9 Å². The molecule has 3 aromatic rings. The highest BCUT2D eigenvalue weighted by Gasteiger charge is 2.21. The van der Waals surface area contributed by atoms with Gasteiger partial charge in [0.05, 0.1) is 5.75 Å². The highest BCUT2D eigenvalue weighted by Crippen LogP contribution is 2.26. The number of anilines is 1. The highest BCUT2D eigenvalue weighted by molar-refractivity contribution is 7.99. The maximum atomic E-state index is 13.0. The van der Waals surface area contributed by atoms with E-state index in [9.17, 15) is 14.4 Å². The summed E-state index contributed by atoms with van der Waals surface area (Å²) in [6.07, 6.45) is 1.64. The number of thioether (sulfide) groups is 1. The lowest BCUT2D eigenvalue weighted by molar-refractivity contribution is -0.113. The molecule has 0 aliphatic carbocycles. The topological polar surface area (TPSA) is 109 Å². The van der Waals surface area contributed by atoms with E-state index in [0.29, 0.717) is 32.9 Å². The van der Waals surface area contributed by atoms with Gasteiger partial charge in [-0.15, -0.1) is 6.58 Å². The van der Waals surface area contributed by atoms with Gasteiger partial charge in [-0.1, -0.05) is 59.5 Å². The largest absolute Gasteiger partial charge is 0.347 e. The normalized spacial score (nSPS) is 10.5. The van der Waals surface area contributed by atoms with Crippen LogP contribution in [0.15, 0.2) is 59.0 Å². The third kappa shape index (κ3) is 6.25. The van der Waals surface area contributed by atoms with Crippen LogP contribution in [-0.4, -0.2) is 32.1 Å². The predicted octanol–water partition coefficient (Wildman–Crippen LogP) is 3.52. The van der Waals surface area contributed by atoms with E-state index in [0.717, 1.165) is 28.7 Å². The van der Waals surface area contributed by atoms with Gasteiger partial charge in [0, 0.05) is 24.8 Å². The Morgan fingerprint density at radius 3 is 2.78 bits per heavy atom. The number of H-pyrrole nitrogens is 1. The molecule has 2 aromatic heterocycles. The quantitative estimate of drug-likeness (QED) is 0.184. The lowest BCUT2D eigenvalue weighted by Crippen LogP contribution is -2.27. The Kier molecular flexibility index (Phi) is 8.14. The van der Waals surface area contributed by atoms with E-state index < -0.39 is 0 Å². The summed E-state index contributed by atoms with van der Waals surface area (Å²) in [5, 5.41) is 6.35. The summed E-state index contributed by atoms with van der Waals surface area (Å²) < 4.78 is 2.08. The van der Waals surface area contributed by atoms with Crippen molar-refractivity contribution in [2.75, 3.05) is 11.1 Å². The number of carbonyl (C=O) groups excluding carboxylic acids is 2. The first-order valence-corrected chi connectivity index (χ1v) is 11.8. The molecule has 0 bridgehead atoms. The number of benzene rings is 1. The molecule has 166 valence electrons. The summed E-state index contributed by atoms with van der Waals surface area (Å²) in [5.41, 5.74) is 1.51. The first-order chi connectivity index (χ1) is 15.4. The van der Waals surface area contributed by atoms with Crippen molar-refractivity contribution >= 4 is 52.1 Å². The van der Waals surface area contributed by atoms with E-state index in [1.807, 2.05) is 30.3 Å². The Labute approximate surface area is 197 Å². The average Bonchev–Trinajstić information content (AvgIpc) is 3.05. The Morgan fingerprint density at radius 1 is 1.34 bits per heavy atom. The lowest BCUT2D eigenvalue weighted by atomic mass is 10.2. The second kappa shape index (κ2) is 11.0.